The molecule has 0 saturated carbocycles. The van der Waals surface area contributed by atoms with Gasteiger partial charge in [-0.2, -0.15) is 0 Å². The van der Waals surface area contributed by atoms with Crippen LogP contribution < -0.4 is 4.90 Å². The number of Topliss-reactive ketones (excluding diaryl/α,β-unsaturated/α-hetero) is 1. The van der Waals surface area contributed by atoms with Crippen molar-refractivity contribution in [1.29, 1.82) is 0 Å². The molecule has 0 spiro atoms. The van der Waals surface area contributed by atoms with Crippen molar-refractivity contribution in [1.82, 2.24) is 0 Å². The third-order valence-electron chi connectivity index (χ3n) is 4.66. The van der Waals surface area contributed by atoms with E-state index in [1.165, 1.54) is 18.7 Å². The van der Waals surface area contributed by atoms with E-state index in [2.05, 4.69) is 4.99 Å². The molecule has 30 heavy (non-hydrogen) atoms. The maximum absolute atomic E-state index is 13.4. The summed E-state index contributed by atoms with van der Waals surface area (Å²) in [4.78, 5) is 31.0. The van der Waals surface area contributed by atoms with Crippen LogP contribution in [0.5, 0.6) is 0 Å². The normalized spacial score (nSPS) is 15.7. The Kier molecular flexibility index (Phi) is 5.79. The number of carbonyl (C=O) groups is 2. The number of thioether (sulfide) groups is 1. The van der Waals surface area contributed by atoms with Gasteiger partial charge in [0.2, 0.25) is 0 Å². The Hall–Kier alpha value is -2.83. The lowest BCUT2D eigenvalue weighted by atomic mass is 10.1. The van der Waals surface area contributed by atoms with Crippen LogP contribution in [-0.2, 0) is 0 Å². The summed E-state index contributed by atoms with van der Waals surface area (Å²) >= 11 is 7.56. The van der Waals surface area contributed by atoms with E-state index in [-0.39, 0.29) is 23.5 Å². The largest absolute Gasteiger partial charge is 0.451 e. The molecule has 1 aliphatic rings. The zero-order valence-corrected chi connectivity index (χ0v) is 18.0. The number of hydrogen-bond acceptors (Lipinski definition) is 5. The SMILES string of the molecule is CC(=O)c1ccc(-c2ccc(C(=O)N(C3=N[C@H](C)CS3)c3ccc(Cl)cc3)o2)cc1. The van der Waals surface area contributed by atoms with Gasteiger partial charge in [0.05, 0.1) is 11.7 Å². The summed E-state index contributed by atoms with van der Waals surface area (Å²) in [6, 6.07) is 17.7. The van der Waals surface area contributed by atoms with Crippen molar-refractivity contribution in [2.75, 3.05) is 10.7 Å². The van der Waals surface area contributed by atoms with E-state index in [0.717, 1.165) is 11.3 Å². The number of furan rings is 1. The molecular weight excluding hydrogens is 420 g/mol. The average molecular weight is 439 g/mol. The van der Waals surface area contributed by atoms with E-state index < -0.39 is 0 Å². The van der Waals surface area contributed by atoms with E-state index >= 15 is 0 Å². The number of nitrogens with zero attached hydrogens (tertiary/aromatic N) is 2. The Morgan fingerprint density at radius 3 is 2.37 bits per heavy atom. The highest BCUT2D eigenvalue weighted by atomic mass is 35.5. The second kappa shape index (κ2) is 8.50. The highest BCUT2D eigenvalue weighted by molar-refractivity contribution is 8.14. The number of carbonyl (C=O) groups excluding carboxylic acids is 2. The Labute approximate surface area is 183 Å². The lowest BCUT2D eigenvalue weighted by molar-refractivity contribution is 0.0976. The number of aliphatic imine (C=N–C) groups is 1. The zero-order valence-electron chi connectivity index (χ0n) is 16.5. The van der Waals surface area contributed by atoms with Crippen LogP contribution in [0.15, 0.2) is 70.1 Å². The molecule has 5 nitrogen and oxygen atoms in total. The van der Waals surface area contributed by atoms with Crippen LogP contribution in [-0.4, -0.2) is 28.7 Å². The van der Waals surface area contributed by atoms with Gasteiger partial charge in [-0.05, 0) is 50.2 Å². The number of anilines is 1. The summed E-state index contributed by atoms with van der Waals surface area (Å²) in [5.41, 5.74) is 2.09. The molecule has 4 rings (SSSR count). The third-order valence-corrected chi connectivity index (χ3v) is 6.10. The van der Waals surface area contributed by atoms with Crippen molar-refractivity contribution in [2.45, 2.75) is 19.9 Å². The van der Waals surface area contributed by atoms with Gasteiger partial charge in [0, 0.05) is 21.9 Å². The first-order valence-electron chi connectivity index (χ1n) is 9.44. The molecule has 0 bridgehead atoms. The van der Waals surface area contributed by atoms with Crippen molar-refractivity contribution in [3.63, 3.8) is 0 Å². The zero-order chi connectivity index (χ0) is 21.3. The molecular formula is C23H19ClN2O3S. The predicted octanol–water partition coefficient (Wildman–Crippen LogP) is 5.94. The maximum atomic E-state index is 13.4. The quantitative estimate of drug-likeness (QED) is 0.473. The van der Waals surface area contributed by atoms with Crippen LogP contribution in [0, 0.1) is 0 Å². The molecule has 1 amide bonds. The van der Waals surface area contributed by atoms with Gasteiger partial charge in [0.15, 0.2) is 16.7 Å². The van der Waals surface area contributed by atoms with Gasteiger partial charge in [-0.3, -0.25) is 19.5 Å². The average Bonchev–Trinajstić information content (AvgIpc) is 3.39. The smallest absolute Gasteiger partial charge is 0.300 e. The fourth-order valence-electron chi connectivity index (χ4n) is 3.07. The van der Waals surface area contributed by atoms with Crippen LogP contribution in [0.2, 0.25) is 5.02 Å². The van der Waals surface area contributed by atoms with Crippen LogP contribution >= 0.6 is 23.4 Å². The summed E-state index contributed by atoms with van der Waals surface area (Å²) in [5.74, 6) is 1.28. The highest BCUT2D eigenvalue weighted by Crippen LogP contribution is 2.30. The first-order valence-corrected chi connectivity index (χ1v) is 10.8. The van der Waals surface area contributed by atoms with Crippen LogP contribution in [0.25, 0.3) is 11.3 Å². The molecule has 7 heteroatoms. The molecule has 0 aliphatic carbocycles. The lowest BCUT2D eigenvalue weighted by Gasteiger charge is -2.21. The number of benzene rings is 2. The maximum Gasteiger partial charge on any atom is 0.300 e. The Bertz CT molecular complexity index is 1120. The fourth-order valence-corrected chi connectivity index (χ4v) is 4.24. The minimum absolute atomic E-state index is 0.000431. The van der Waals surface area contributed by atoms with Crippen molar-refractivity contribution < 1.29 is 14.0 Å². The van der Waals surface area contributed by atoms with E-state index in [0.29, 0.717) is 27.2 Å². The predicted molar refractivity (Wildman–Crippen MR) is 122 cm³/mol. The second-order valence-corrected chi connectivity index (χ2v) is 8.41. The van der Waals surface area contributed by atoms with E-state index in [9.17, 15) is 9.59 Å². The molecule has 0 N–H and O–H groups in total. The molecule has 1 aromatic heterocycles. The Balaban J connectivity index is 1.66. The Morgan fingerprint density at radius 2 is 1.77 bits per heavy atom. The number of ketones is 1. The lowest BCUT2D eigenvalue weighted by Crippen LogP contribution is -2.34. The van der Waals surface area contributed by atoms with Crippen molar-refractivity contribution in [2.24, 2.45) is 4.99 Å². The number of rotatable bonds is 4. The van der Waals surface area contributed by atoms with Gasteiger partial charge in [0.1, 0.15) is 5.76 Å². The van der Waals surface area contributed by atoms with E-state index in [4.69, 9.17) is 16.0 Å². The van der Waals surface area contributed by atoms with E-state index in [1.807, 2.05) is 6.92 Å². The fraction of sp³-hybridized carbons (Fsp3) is 0.174. The minimum Gasteiger partial charge on any atom is -0.451 e. The van der Waals surface area contributed by atoms with Crippen molar-refractivity contribution in [3.05, 3.63) is 77.0 Å². The number of amides is 1. The molecule has 0 radical (unpaired) electrons. The van der Waals surface area contributed by atoms with Gasteiger partial charge >= 0.3 is 0 Å². The van der Waals surface area contributed by atoms with Crippen molar-refractivity contribution in [3.8, 4) is 11.3 Å². The highest BCUT2D eigenvalue weighted by Gasteiger charge is 2.29. The van der Waals surface area contributed by atoms with E-state index in [1.54, 1.807) is 65.6 Å². The van der Waals surface area contributed by atoms with Gasteiger partial charge < -0.3 is 4.42 Å². The summed E-state index contributed by atoms with van der Waals surface area (Å²) in [6.45, 7) is 3.54. The standard InChI is InChI=1S/C23H19ClN2O3S/c1-14-13-30-23(25-14)26(19-9-7-18(24)8-10-19)22(28)21-12-11-20(29-21)17-5-3-16(4-6-17)15(2)27/h3-12,14H,13H2,1-2H3/t14-/m1/s1. The topological polar surface area (TPSA) is 62.9 Å². The first-order chi connectivity index (χ1) is 14.4. The van der Waals surface area contributed by atoms with Crippen LogP contribution in [0.1, 0.15) is 34.8 Å². The molecule has 0 unspecified atom stereocenters. The summed E-state index contributed by atoms with van der Waals surface area (Å²) in [7, 11) is 0. The summed E-state index contributed by atoms with van der Waals surface area (Å²) < 4.78 is 5.88. The molecule has 2 aromatic carbocycles. The summed E-state index contributed by atoms with van der Waals surface area (Å²) in [6.07, 6.45) is 0. The number of amidine groups is 1. The van der Waals surface area contributed by atoms with Crippen LogP contribution in [0.4, 0.5) is 5.69 Å². The van der Waals surface area contributed by atoms with Gasteiger partial charge in [0.25, 0.3) is 5.91 Å². The molecule has 3 aromatic rings. The number of hydrogen-bond donors (Lipinski definition) is 0. The molecule has 0 fully saturated rings. The van der Waals surface area contributed by atoms with Crippen LogP contribution in [0.3, 0.4) is 0 Å². The summed E-state index contributed by atoms with van der Waals surface area (Å²) in [5, 5.41) is 1.23. The number of halogens is 1. The van der Waals surface area contributed by atoms with Gasteiger partial charge in [-0.25, -0.2) is 0 Å². The molecule has 1 aliphatic heterocycles. The second-order valence-electron chi connectivity index (χ2n) is 6.99. The first kappa shape index (κ1) is 20.4. The Morgan fingerprint density at radius 1 is 1.07 bits per heavy atom. The van der Waals surface area contributed by atoms with Gasteiger partial charge in [-0.15, -0.1) is 0 Å². The third kappa shape index (κ3) is 4.20. The molecule has 2 heterocycles. The minimum atomic E-state index is -0.302. The van der Waals surface area contributed by atoms with Crippen molar-refractivity contribution >= 4 is 45.9 Å². The molecule has 0 saturated heterocycles. The van der Waals surface area contributed by atoms with Gasteiger partial charge in [-0.1, -0.05) is 47.6 Å². The monoisotopic (exact) mass is 438 g/mol. The molecule has 152 valence electrons. The molecule has 1 atom stereocenters.